The second kappa shape index (κ2) is 12.2. The number of carbonyl (C=O) groups is 1. The van der Waals surface area contributed by atoms with Crippen molar-refractivity contribution in [1.82, 2.24) is 4.90 Å². The maximum Gasteiger partial charge on any atom is 0.256 e. The largest absolute Gasteiger partial charge is 0.494 e. The molecule has 29 heavy (non-hydrogen) atoms. The SMILES string of the molecule is CCCCC[C@](C)(OC)C(=O)Nc1ccc(OCCCN2CCC[C@@H](C)C2)cc1. The van der Waals surface area contributed by atoms with Crippen LogP contribution in [0.1, 0.15) is 65.7 Å². The first-order valence-electron chi connectivity index (χ1n) is 11.3. The molecule has 0 aromatic heterocycles. The van der Waals surface area contributed by atoms with E-state index in [0.29, 0.717) is 0 Å². The lowest BCUT2D eigenvalue weighted by atomic mass is 9.97. The number of carbonyl (C=O) groups excluding carboxylic acids is 1. The van der Waals surface area contributed by atoms with Crippen LogP contribution in [0.15, 0.2) is 24.3 Å². The van der Waals surface area contributed by atoms with Gasteiger partial charge in [0.1, 0.15) is 11.4 Å². The second-order valence-corrected chi connectivity index (χ2v) is 8.62. The molecule has 5 heteroatoms. The van der Waals surface area contributed by atoms with E-state index in [1.165, 1.54) is 25.9 Å². The van der Waals surface area contributed by atoms with Crippen LogP contribution in [0.5, 0.6) is 5.75 Å². The molecule has 1 fully saturated rings. The maximum atomic E-state index is 12.7. The minimum Gasteiger partial charge on any atom is -0.494 e. The highest BCUT2D eigenvalue weighted by Gasteiger charge is 2.32. The van der Waals surface area contributed by atoms with E-state index in [2.05, 4.69) is 24.1 Å². The van der Waals surface area contributed by atoms with Crippen LogP contribution in [-0.2, 0) is 9.53 Å². The van der Waals surface area contributed by atoms with Crippen LogP contribution >= 0.6 is 0 Å². The standard InChI is InChI=1S/C24H40N2O3/c1-5-6-7-15-24(3,28-4)23(27)25-21-11-13-22(14-12-21)29-18-9-17-26-16-8-10-20(2)19-26/h11-14,20H,5-10,15-19H2,1-4H3,(H,25,27)/t20-,24+/m1/s1. The summed E-state index contributed by atoms with van der Waals surface area (Å²) in [5, 5.41) is 2.98. The molecule has 1 aromatic rings. The molecule has 0 aliphatic carbocycles. The minimum absolute atomic E-state index is 0.0967. The van der Waals surface area contributed by atoms with E-state index in [0.717, 1.165) is 62.6 Å². The monoisotopic (exact) mass is 404 g/mol. The molecule has 1 heterocycles. The summed E-state index contributed by atoms with van der Waals surface area (Å²) in [4.78, 5) is 15.2. The summed E-state index contributed by atoms with van der Waals surface area (Å²) in [5.41, 5.74) is -0.0283. The van der Waals surface area contributed by atoms with Gasteiger partial charge in [0.25, 0.3) is 5.91 Å². The minimum atomic E-state index is -0.795. The highest BCUT2D eigenvalue weighted by Crippen LogP contribution is 2.23. The van der Waals surface area contributed by atoms with E-state index < -0.39 is 5.60 Å². The summed E-state index contributed by atoms with van der Waals surface area (Å²) in [6, 6.07) is 7.61. The summed E-state index contributed by atoms with van der Waals surface area (Å²) < 4.78 is 11.4. The van der Waals surface area contributed by atoms with Gasteiger partial charge in [-0.25, -0.2) is 0 Å². The Hall–Kier alpha value is -1.59. The number of piperidine rings is 1. The number of amides is 1. The van der Waals surface area contributed by atoms with Crippen LogP contribution in [0, 0.1) is 5.92 Å². The molecule has 1 aliphatic rings. The van der Waals surface area contributed by atoms with Crippen molar-refractivity contribution in [1.29, 1.82) is 0 Å². The normalized spacial score (nSPS) is 19.5. The van der Waals surface area contributed by atoms with Gasteiger partial charge >= 0.3 is 0 Å². The van der Waals surface area contributed by atoms with Gasteiger partial charge in [-0.3, -0.25) is 4.79 Å². The Bertz CT molecular complexity index is 605. The molecular formula is C24H40N2O3. The van der Waals surface area contributed by atoms with Crippen LogP contribution < -0.4 is 10.1 Å². The highest BCUT2D eigenvalue weighted by atomic mass is 16.5. The van der Waals surface area contributed by atoms with Gasteiger partial charge in [-0.15, -0.1) is 0 Å². The molecule has 0 bridgehead atoms. The van der Waals surface area contributed by atoms with Crippen LogP contribution in [0.3, 0.4) is 0 Å². The Morgan fingerprint density at radius 1 is 1.24 bits per heavy atom. The Kier molecular flexibility index (Phi) is 9.95. The zero-order valence-electron chi connectivity index (χ0n) is 18.8. The highest BCUT2D eigenvalue weighted by molar-refractivity contribution is 5.97. The zero-order valence-corrected chi connectivity index (χ0v) is 18.8. The molecule has 0 unspecified atom stereocenters. The van der Waals surface area contributed by atoms with Crippen LogP contribution in [0.25, 0.3) is 0 Å². The smallest absolute Gasteiger partial charge is 0.256 e. The Morgan fingerprint density at radius 3 is 2.66 bits per heavy atom. The van der Waals surface area contributed by atoms with Gasteiger partial charge in [-0.1, -0.05) is 33.1 Å². The third kappa shape index (κ3) is 7.98. The molecule has 5 nitrogen and oxygen atoms in total. The molecule has 0 spiro atoms. The first kappa shape index (κ1) is 23.7. The summed E-state index contributed by atoms with van der Waals surface area (Å²) in [6.45, 7) is 10.6. The van der Waals surface area contributed by atoms with Crippen molar-refractivity contribution >= 4 is 11.6 Å². The van der Waals surface area contributed by atoms with Crippen molar-refractivity contribution in [3.63, 3.8) is 0 Å². The van der Waals surface area contributed by atoms with Gasteiger partial charge < -0.3 is 19.7 Å². The lowest BCUT2D eigenvalue weighted by molar-refractivity contribution is -0.136. The number of likely N-dealkylation sites (tertiary alicyclic amines) is 1. The van der Waals surface area contributed by atoms with Crippen LogP contribution in [0.4, 0.5) is 5.69 Å². The van der Waals surface area contributed by atoms with E-state index in [4.69, 9.17) is 9.47 Å². The van der Waals surface area contributed by atoms with E-state index >= 15 is 0 Å². The number of ether oxygens (including phenoxy) is 2. The summed E-state index contributed by atoms with van der Waals surface area (Å²) in [7, 11) is 1.60. The quantitative estimate of drug-likeness (QED) is 0.492. The number of unbranched alkanes of at least 4 members (excludes halogenated alkanes) is 2. The summed E-state index contributed by atoms with van der Waals surface area (Å²) >= 11 is 0. The van der Waals surface area contributed by atoms with Crippen LogP contribution in [0.2, 0.25) is 0 Å². The van der Waals surface area contributed by atoms with Gasteiger partial charge in [0.2, 0.25) is 0 Å². The van der Waals surface area contributed by atoms with Gasteiger partial charge in [-0.2, -0.15) is 0 Å². The van der Waals surface area contributed by atoms with E-state index in [-0.39, 0.29) is 5.91 Å². The average Bonchev–Trinajstić information content (AvgIpc) is 2.72. The van der Waals surface area contributed by atoms with Crippen molar-refractivity contribution < 1.29 is 14.3 Å². The molecule has 1 amide bonds. The predicted octanol–water partition coefficient (Wildman–Crippen LogP) is 5.11. The van der Waals surface area contributed by atoms with Gasteiger partial charge in [-0.05, 0) is 69.3 Å². The topological polar surface area (TPSA) is 50.8 Å². The fraction of sp³-hybridized carbons (Fsp3) is 0.708. The number of hydrogen-bond donors (Lipinski definition) is 1. The van der Waals surface area contributed by atoms with Crippen molar-refractivity contribution in [3.8, 4) is 5.75 Å². The molecule has 2 atom stereocenters. The van der Waals surface area contributed by atoms with Crippen molar-refractivity contribution in [2.75, 3.05) is 38.7 Å². The third-order valence-corrected chi connectivity index (χ3v) is 5.93. The van der Waals surface area contributed by atoms with E-state index in [1.807, 2.05) is 31.2 Å². The number of nitrogens with zero attached hydrogens (tertiary/aromatic N) is 1. The molecule has 1 N–H and O–H groups in total. The Morgan fingerprint density at radius 2 is 2.00 bits per heavy atom. The lowest BCUT2D eigenvalue weighted by Gasteiger charge is -2.30. The van der Waals surface area contributed by atoms with Crippen molar-refractivity contribution in [3.05, 3.63) is 24.3 Å². The van der Waals surface area contributed by atoms with Gasteiger partial charge in [0.15, 0.2) is 0 Å². The van der Waals surface area contributed by atoms with Crippen molar-refractivity contribution in [2.45, 2.75) is 71.3 Å². The number of rotatable bonds is 12. The second-order valence-electron chi connectivity index (χ2n) is 8.62. The molecule has 1 saturated heterocycles. The fourth-order valence-corrected chi connectivity index (χ4v) is 3.89. The number of hydrogen-bond acceptors (Lipinski definition) is 4. The lowest BCUT2D eigenvalue weighted by Crippen LogP contribution is -2.41. The number of benzene rings is 1. The number of nitrogens with one attached hydrogen (secondary N) is 1. The number of methoxy groups -OCH3 is 1. The molecule has 2 rings (SSSR count). The summed E-state index contributed by atoms with van der Waals surface area (Å²) in [5.74, 6) is 1.56. The molecule has 0 radical (unpaired) electrons. The molecule has 1 aromatic carbocycles. The van der Waals surface area contributed by atoms with Crippen LogP contribution in [-0.4, -0.2) is 49.8 Å². The number of anilines is 1. The fourth-order valence-electron chi connectivity index (χ4n) is 3.89. The van der Waals surface area contributed by atoms with Crippen molar-refractivity contribution in [2.24, 2.45) is 5.92 Å². The van der Waals surface area contributed by atoms with E-state index in [1.54, 1.807) is 7.11 Å². The van der Waals surface area contributed by atoms with Gasteiger partial charge in [0, 0.05) is 25.9 Å². The molecule has 164 valence electrons. The zero-order chi connectivity index (χ0) is 21.1. The summed E-state index contributed by atoms with van der Waals surface area (Å²) in [6.07, 6.45) is 7.65. The predicted molar refractivity (Wildman–Crippen MR) is 120 cm³/mol. The first-order chi connectivity index (χ1) is 14.0. The van der Waals surface area contributed by atoms with E-state index in [9.17, 15) is 4.79 Å². The first-order valence-corrected chi connectivity index (χ1v) is 11.3. The molecule has 1 aliphatic heterocycles. The van der Waals surface area contributed by atoms with Gasteiger partial charge in [0.05, 0.1) is 6.61 Å². The third-order valence-electron chi connectivity index (χ3n) is 5.93. The molecule has 0 saturated carbocycles. The average molecular weight is 405 g/mol. The maximum absolute atomic E-state index is 12.7. The Balaban J connectivity index is 1.73. The molecular weight excluding hydrogens is 364 g/mol. The Labute approximate surface area is 177 Å².